The maximum Gasteiger partial charge on any atom is 0.270 e. The fraction of sp³-hybridized carbons (Fsp3) is 0.545. The van der Waals surface area contributed by atoms with Gasteiger partial charge in [-0.3, -0.25) is 9.48 Å². The van der Waals surface area contributed by atoms with Gasteiger partial charge in [0.05, 0.1) is 11.8 Å². The van der Waals surface area contributed by atoms with Gasteiger partial charge in [0.2, 0.25) is 6.79 Å². The quantitative estimate of drug-likeness (QED) is 0.858. The summed E-state index contributed by atoms with van der Waals surface area (Å²) in [7, 11) is 1.88. The number of fused-ring (bicyclic) bond motifs is 2. The van der Waals surface area contributed by atoms with Gasteiger partial charge in [-0.1, -0.05) is 0 Å². The zero-order chi connectivity index (χ0) is 19.8. The third-order valence-electron chi connectivity index (χ3n) is 6.19. The van der Waals surface area contributed by atoms with Crippen molar-refractivity contribution in [3.63, 3.8) is 0 Å². The molecule has 154 valence electrons. The molecule has 29 heavy (non-hydrogen) atoms. The summed E-state index contributed by atoms with van der Waals surface area (Å²) in [6.07, 6.45) is 8.09. The molecule has 7 heteroatoms. The Hall–Kier alpha value is -2.70. The molecule has 0 spiro atoms. The highest BCUT2D eigenvalue weighted by atomic mass is 16.7. The van der Waals surface area contributed by atoms with Crippen molar-refractivity contribution in [2.75, 3.05) is 6.79 Å². The van der Waals surface area contributed by atoms with E-state index in [4.69, 9.17) is 14.2 Å². The van der Waals surface area contributed by atoms with E-state index in [0.29, 0.717) is 0 Å². The average molecular weight is 397 g/mol. The van der Waals surface area contributed by atoms with Crippen molar-refractivity contribution in [2.24, 2.45) is 7.05 Å². The summed E-state index contributed by atoms with van der Waals surface area (Å²) >= 11 is 0. The fourth-order valence-corrected chi connectivity index (χ4v) is 4.69. The Balaban J connectivity index is 1.16. The van der Waals surface area contributed by atoms with E-state index < -0.39 is 0 Å². The molecule has 1 fully saturated rings. The fourth-order valence-electron chi connectivity index (χ4n) is 4.69. The second kappa shape index (κ2) is 7.61. The molecule has 1 aliphatic heterocycles. The lowest BCUT2D eigenvalue weighted by molar-refractivity contribution is 0.0883. The second-order valence-electron chi connectivity index (χ2n) is 8.18. The highest BCUT2D eigenvalue weighted by Gasteiger charge is 2.28. The maximum atomic E-state index is 12.9. The number of amides is 1. The van der Waals surface area contributed by atoms with Crippen LogP contribution in [0, 0.1) is 0 Å². The molecule has 3 aliphatic rings. The summed E-state index contributed by atoms with van der Waals surface area (Å²) in [6.45, 7) is 0.267. The van der Waals surface area contributed by atoms with Crippen LogP contribution in [0.5, 0.6) is 17.2 Å². The van der Waals surface area contributed by atoms with Crippen molar-refractivity contribution in [1.29, 1.82) is 0 Å². The molecule has 0 radical (unpaired) electrons. The van der Waals surface area contributed by atoms with E-state index in [1.54, 1.807) is 4.68 Å². The molecule has 1 aromatic carbocycles. The first-order valence-corrected chi connectivity index (χ1v) is 10.6. The third-order valence-corrected chi connectivity index (χ3v) is 6.19. The highest BCUT2D eigenvalue weighted by Crippen LogP contribution is 2.36. The van der Waals surface area contributed by atoms with Crippen molar-refractivity contribution < 1.29 is 19.0 Å². The van der Waals surface area contributed by atoms with Gasteiger partial charge >= 0.3 is 0 Å². The Morgan fingerprint density at radius 1 is 1.14 bits per heavy atom. The van der Waals surface area contributed by atoms with Crippen LogP contribution in [0.25, 0.3) is 0 Å². The minimum atomic E-state index is 0.0169. The van der Waals surface area contributed by atoms with Crippen molar-refractivity contribution in [2.45, 2.75) is 63.5 Å². The number of nitrogens with zero attached hydrogens (tertiary/aromatic N) is 2. The molecule has 1 amide bonds. The first kappa shape index (κ1) is 18.3. The van der Waals surface area contributed by atoms with Gasteiger partial charge in [0.15, 0.2) is 11.5 Å². The molecule has 2 heterocycles. The van der Waals surface area contributed by atoms with Crippen LogP contribution in [0.1, 0.15) is 60.3 Å². The van der Waals surface area contributed by atoms with E-state index >= 15 is 0 Å². The molecule has 5 rings (SSSR count). The van der Waals surface area contributed by atoms with E-state index in [1.807, 2.05) is 25.2 Å². The predicted molar refractivity (Wildman–Crippen MR) is 107 cm³/mol. The van der Waals surface area contributed by atoms with Crippen LogP contribution in [0.15, 0.2) is 18.2 Å². The number of ether oxygens (including phenoxy) is 3. The van der Waals surface area contributed by atoms with Crippen molar-refractivity contribution >= 4 is 5.91 Å². The maximum absolute atomic E-state index is 12.9. The van der Waals surface area contributed by atoms with Gasteiger partial charge in [0.25, 0.3) is 5.91 Å². The number of hydrogen-bond donors (Lipinski definition) is 1. The molecular formula is C22H27N3O4. The lowest BCUT2D eigenvalue weighted by Crippen LogP contribution is -2.40. The zero-order valence-electron chi connectivity index (χ0n) is 16.8. The molecule has 1 aromatic heterocycles. The Kier molecular flexibility index (Phi) is 4.81. The summed E-state index contributed by atoms with van der Waals surface area (Å²) in [5, 5.41) is 7.80. The largest absolute Gasteiger partial charge is 0.490 e. The smallest absolute Gasteiger partial charge is 0.270 e. The van der Waals surface area contributed by atoms with Gasteiger partial charge < -0.3 is 19.5 Å². The SMILES string of the molecule is Cn1nc2c(c1C(=O)NC1CCC(Oc3ccc4c(c3)OCO4)CC1)CCCC2. The number of carbonyl (C=O) groups excluding carboxylic acids is 1. The van der Waals surface area contributed by atoms with Gasteiger partial charge in [-0.05, 0) is 63.5 Å². The average Bonchev–Trinajstić information content (AvgIpc) is 3.32. The summed E-state index contributed by atoms with van der Waals surface area (Å²) in [5.74, 6) is 2.33. The Bertz CT molecular complexity index is 915. The number of rotatable bonds is 4. The van der Waals surface area contributed by atoms with Gasteiger partial charge in [0.1, 0.15) is 11.4 Å². The standard InChI is InChI=1S/C22H27N3O4/c1-25-21(17-4-2-3-5-18(17)24-25)22(26)23-14-6-8-15(9-7-14)29-16-10-11-19-20(12-16)28-13-27-19/h10-12,14-15H,2-9,13H2,1H3,(H,23,26). The first-order chi connectivity index (χ1) is 14.2. The minimum absolute atomic E-state index is 0.0169. The third kappa shape index (κ3) is 3.66. The van der Waals surface area contributed by atoms with Crippen LogP contribution in [-0.4, -0.2) is 34.6 Å². The number of hydrogen-bond acceptors (Lipinski definition) is 5. The summed E-state index contributed by atoms with van der Waals surface area (Å²) in [5.41, 5.74) is 3.00. The number of aryl methyl sites for hydroxylation is 2. The van der Waals surface area contributed by atoms with Crippen LogP contribution in [0.3, 0.4) is 0 Å². The molecule has 2 aromatic rings. The lowest BCUT2D eigenvalue weighted by Gasteiger charge is -2.29. The van der Waals surface area contributed by atoms with Crippen molar-refractivity contribution in [3.05, 3.63) is 35.2 Å². The monoisotopic (exact) mass is 397 g/mol. The van der Waals surface area contributed by atoms with Gasteiger partial charge in [-0.2, -0.15) is 5.10 Å². The molecule has 0 atom stereocenters. The van der Waals surface area contributed by atoms with Crippen molar-refractivity contribution in [3.8, 4) is 17.2 Å². The van der Waals surface area contributed by atoms with E-state index in [0.717, 1.165) is 79.1 Å². The van der Waals surface area contributed by atoms with Crippen LogP contribution >= 0.6 is 0 Å². The lowest BCUT2D eigenvalue weighted by atomic mass is 9.92. The van der Waals surface area contributed by atoms with E-state index in [2.05, 4.69) is 10.4 Å². The molecule has 7 nitrogen and oxygen atoms in total. The molecule has 2 aliphatic carbocycles. The number of carbonyl (C=O) groups is 1. The predicted octanol–water partition coefficient (Wildman–Crippen LogP) is 3.15. The van der Waals surface area contributed by atoms with Crippen LogP contribution in [-0.2, 0) is 19.9 Å². The van der Waals surface area contributed by atoms with Crippen LogP contribution in [0.2, 0.25) is 0 Å². The number of benzene rings is 1. The summed E-state index contributed by atoms with van der Waals surface area (Å²) < 4.78 is 18.7. The van der Waals surface area contributed by atoms with E-state index in [9.17, 15) is 4.79 Å². The van der Waals surface area contributed by atoms with Crippen LogP contribution < -0.4 is 19.5 Å². The highest BCUT2D eigenvalue weighted by molar-refractivity contribution is 5.94. The van der Waals surface area contributed by atoms with Gasteiger partial charge in [0, 0.05) is 24.7 Å². The summed E-state index contributed by atoms with van der Waals surface area (Å²) in [4.78, 5) is 12.9. The van der Waals surface area contributed by atoms with Gasteiger partial charge in [-0.15, -0.1) is 0 Å². The van der Waals surface area contributed by atoms with E-state index in [1.165, 1.54) is 6.42 Å². The molecule has 0 unspecified atom stereocenters. The first-order valence-electron chi connectivity index (χ1n) is 10.6. The molecule has 1 N–H and O–H groups in total. The Labute approximate surface area is 170 Å². The molecule has 0 bridgehead atoms. The Morgan fingerprint density at radius 2 is 1.93 bits per heavy atom. The van der Waals surface area contributed by atoms with Crippen LogP contribution in [0.4, 0.5) is 0 Å². The minimum Gasteiger partial charge on any atom is -0.490 e. The van der Waals surface area contributed by atoms with Gasteiger partial charge in [-0.25, -0.2) is 0 Å². The second-order valence-corrected chi connectivity index (χ2v) is 8.18. The summed E-state index contributed by atoms with van der Waals surface area (Å²) in [6, 6.07) is 5.89. The number of nitrogens with one attached hydrogen (secondary N) is 1. The Morgan fingerprint density at radius 3 is 2.79 bits per heavy atom. The number of aromatic nitrogens is 2. The molecule has 1 saturated carbocycles. The topological polar surface area (TPSA) is 74.6 Å². The normalized spacial score (nSPS) is 22.8. The molecular weight excluding hydrogens is 370 g/mol. The zero-order valence-corrected chi connectivity index (χ0v) is 16.8. The van der Waals surface area contributed by atoms with Crippen molar-refractivity contribution in [1.82, 2.24) is 15.1 Å². The molecule has 0 saturated heterocycles. The van der Waals surface area contributed by atoms with E-state index in [-0.39, 0.29) is 24.8 Å².